The van der Waals surface area contributed by atoms with E-state index in [4.69, 9.17) is 16.3 Å². The van der Waals surface area contributed by atoms with Crippen LogP contribution in [0.1, 0.15) is 61.5 Å². The first kappa shape index (κ1) is 19.2. The van der Waals surface area contributed by atoms with Crippen molar-refractivity contribution in [3.63, 3.8) is 0 Å². The van der Waals surface area contributed by atoms with Crippen LogP contribution in [0, 0.1) is 5.92 Å². The van der Waals surface area contributed by atoms with Crippen molar-refractivity contribution < 1.29 is 9.53 Å². The topological polar surface area (TPSA) is 30.7 Å². The van der Waals surface area contributed by atoms with Crippen molar-refractivity contribution in [2.75, 3.05) is 13.2 Å². The van der Waals surface area contributed by atoms with Gasteiger partial charge in [0, 0.05) is 30.5 Å². The zero-order chi connectivity index (χ0) is 18.4. The molecule has 3 rings (SSSR count). The van der Waals surface area contributed by atoms with Gasteiger partial charge in [0.1, 0.15) is 0 Å². The molecule has 1 aliphatic carbocycles. The zero-order valence-corrected chi connectivity index (χ0v) is 16.3. The van der Waals surface area contributed by atoms with Gasteiger partial charge in [-0.25, -0.2) is 0 Å². The molecule has 4 heteroatoms. The first-order valence-electron chi connectivity index (χ1n) is 9.77. The molecule has 2 heterocycles. The minimum Gasteiger partial charge on any atom is -0.381 e. The number of ketones is 1. The van der Waals surface area contributed by atoms with Crippen molar-refractivity contribution in [2.24, 2.45) is 5.92 Å². The Hall–Kier alpha value is -1.58. The van der Waals surface area contributed by atoms with E-state index >= 15 is 0 Å². The molecule has 0 spiro atoms. The van der Waals surface area contributed by atoms with Crippen LogP contribution >= 0.6 is 11.6 Å². The highest BCUT2D eigenvalue weighted by atomic mass is 35.5. The molecule has 0 radical (unpaired) electrons. The fraction of sp³-hybridized carbons (Fsp3) is 0.500. The predicted octanol–water partition coefficient (Wildman–Crippen LogP) is 5.88. The molecule has 1 fully saturated rings. The number of nitrogens with zero attached hydrogens (tertiary/aromatic N) is 1. The van der Waals surface area contributed by atoms with Gasteiger partial charge in [-0.3, -0.25) is 4.79 Å². The van der Waals surface area contributed by atoms with Gasteiger partial charge in [-0.15, -0.1) is 0 Å². The number of carbonyl (C=O) groups is 1. The van der Waals surface area contributed by atoms with E-state index in [2.05, 4.69) is 6.08 Å². The Labute approximate surface area is 161 Å². The number of rotatable bonds is 8. The van der Waals surface area contributed by atoms with E-state index in [0.717, 1.165) is 30.0 Å². The van der Waals surface area contributed by atoms with Crippen molar-refractivity contribution in [1.82, 2.24) is 4.40 Å². The summed E-state index contributed by atoms with van der Waals surface area (Å²) in [5.74, 6) is 0.776. The van der Waals surface area contributed by atoms with Crippen LogP contribution in [0.15, 0.2) is 36.5 Å². The first-order valence-corrected chi connectivity index (χ1v) is 10.2. The molecule has 0 aromatic carbocycles. The fourth-order valence-corrected chi connectivity index (χ4v) is 4.13. The van der Waals surface area contributed by atoms with Gasteiger partial charge in [0.25, 0.3) is 0 Å². The molecule has 0 amide bonds. The van der Waals surface area contributed by atoms with E-state index in [1.165, 1.54) is 32.1 Å². The molecule has 0 saturated heterocycles. The number of fused-ring (bicyclic) bond motifs is 1. The van der Waals surface area contributed by atoms with Gasteiger partial charge in [0.2, 0.25) is 0 Å². The summed E-state index contributed by atoms with van der Waals surface area (Å²) in [5.41, 5.74) is 2.54. The van der Waals surface area contributed by atoms with Gasteiger partial charge in [0.05, 0.1) is 17.1 Å². The lowest BCUT2D eigenvalue weighted by atomic mass is 9.87. The summed E-state index contributed by atoms with van der Waals surface area (Å²) in [4.78, 5) is 12.8. The van der Waals surface area contributed by atoms with Gasteiger partial charge in [-0.05, 0) is 43.5 Å². The second kappa shape index (κ2) is 9.38. The van der Waals surface area contributed by atoms with Crippen LogP contribution < -0.4 is 0 Å². The third-order valence-electron chi connectivity index (χ3n) is 5.26. The van der Waals surface area contributed by atoms with Crippen LogP contribution in [-0.2, 0) is 11.2 Å². The van der Waals surface area contributed by atoms with E-state index in [1.807, 2.05) is 35.7 Å². The molecule has 1 aliphatic rings. The summed E-state index contributed by atoms with van der Waals surface area (Å²) in [6.45, 7) is 3.32. The second-order valence-corrected chi connectivity index (χ2v) is 7.48. The zero-order valence-electron chi connectivity index (χ0n) is 15.5. The van der Waals surface area contributed by atoms with Crippen molar-refractivity contribution in [3.8, 4) is 0 Å². The number of pyridine rings is 1. The molecular weight excluding hydrogens is 346 g/mol. The predicted molar refractivity (Wildman–Crippen MR) is 107 cm³/mol. The Bertz CT molecular complexity index is 772. The van der Waals surface area contributed by atoms with Crippen LogP contribution in [0.4, 0.5) is 0 Å². The standard InChI is InChI=1S/C22H28ClNO2/c1-2-26-15-13-18-16-19(22-20(23)11-7-14-24(18)22)21(25)12-6-10-17-8-4-3-5-9-17/h6-7,11-12,14,16-17H,2-5,8-10,13,15H2,1H3/b12-6+. The lowest BCUT2D eigenvalue weighted by Gasteiger charge is -2.19. The summed E-state index contributed by atoms with van der Waals surface area (Å²) < 4.78 is 7.49. The van der Waals surface area contributed by atoms with E-state index < -0.39 is 0 Å². The molecule has 26 heavy (non-hydrogen) atoms. The van der Waals surface area contributed by atoms with Crippen LogP contribution in [0.2, 0.25) is 5.02 Å². The monoisotopic (exact) mass is 373 g/mol. The largest absolute Gasteiger partial charge is 0.381 e. The Morgan fingerprint density at radius 3 is 2.92 bits per heavy atom. The number of hydrogen-bond acceptors (Lipinski definition) is 2. The summed E-state index contributed by atoms with van der Waals surface area (Å²) >= 11 is 6.41. The molecule has 2 aromatic rings. The number of hydrogen-bond donors (Lipinski definition) is 0. The summed E-state index contributed by atoms with van der Waals surface area (Å²) in [6, 6.07) is 5.71. The molecule has 0 N–H and O–H groups in total. The van der Waals surface area contributed by atoms with Crippen molar-refractivity contribution in [3.05, 3.63) is 52.8 Å². The minimum absolute atomic E-state index is 0.0362. The smallest absolute Gasteiger partial charge is 0.187 e. The average Bonchev–Trinajstić information content (AvgIpc) is 3.03. The van der Waals surface area contributed by atoms with Gasteiger partial charge in [-0.2, -0.15) is 0 Å². The van der Waals surface area contributed by atoms with Crippen molar-refractivity contribution in [1.29, 1.82) is 0 Å². The van der Waals surface area contributed by atoms with Crippen LogP contribution in [0.3, 0.4) is 0 Å². The normalized spacial score (nSPS) is 15.9. The van der Waals surface area contributed by atoms with Gasteiger partial charge in [-0.1, -0.05) is 49.8 Å². The van der Waals surface area contributed by atoms with Crippen LogP contribution in [0.25, 0.3) is 5.52 Å². The van der Waals surface area contributed by atoms with Gasteiger partial charge < -0.3 is 9.14 Å². The second-order valence-electron chi connectivity index (χ2n) is 7.08. The number of ether oxygens (including phenoxy) is 1. The van der Waals surface area contributed by atoms with Gasteiger partial charge >= 0.3 is 0 Å². The third kappa shape index (κ3) is 4.57. The molecule has 0 bridgehead atoms. The quantitative estimate of drug-likeness (QED) is 0.328. The number of halogens is 1. The van der Waals surface area contributed by atoms with E-state index in [9.17, 15) is 4.79 Å². The van der Waals surface area contributed by atoms with Crippen LogP contribution in [-0.4, -0.2) is 23.4 Å². The summed E-state index contributed by atoms with van der Waals surface area (Å²) in [7, 11) is 0. The summed E-state index contributed by atoms with van der Waals surface area (Å²) in [6.07, 6.45) is 14.1. The fourth-order valence-electron chi connectivity index (χ4n) is 3.87. The highest BCUT2D eigenvalue weighted by Gasteiger charge is 2.16. The molecule has 140 valence electrons. The van der Waals surface area contributed by atoms with Crippen molar-refractivity contribution >= 4 is 22.9 Å². The minimum atomic E-state index is 0.0362. The number of allylic oxidation sites excluding steroid dienone is 2. The van der Waals surface area contributed by atoms with E-state index in [-0.39, 0.29) is 5.78 Å². The molecule has 0 unspecified atom stereocenters. The molecule has 1 saturated carbocycles. The molecule has 0 atom stereocenters. The highest BCUT2D eigenvalue weighted by molar-refractivity contribution is 6.35. The van der Waals surface area contributed by atoms with Crippen LogP contribution in [0.5, 0.6) is 0 Å². The Kier molecular flexibility index (Phi) is 6.93. The van der Waals surface area contributed by atoms with E-state index in [0.29, 0.717) is 23.8 Å². The lowest BCUT2D eigenvalue weighted by molar-refractivity contribution is 0.104. The average molecular weight is 374 g/mol. The Balaban J connectivity index is 1.78. The lowest BCUT2D eigenvalue weighted by Crippen LogP contribution is -2.05. The summed E-state index contributed by atoms with van der Waals surface area (Å²) in [5, 5.41) is 0.610. The Morgan fingerprint density at radius 2 is 2.15 bits per heavy atom. The van der Waals surface area contributed by atoms with E-state index in [1.54, 1.807) is 6.08 Å². The maximum Gasteiger partial charge on any atom is 0.187 e. The maximum atomic E-state index is 12.8. The molecule has 3 nitrogen and oxygen atoms in total. The third-order valence-corrected chi connectivity index (χ3v) is 5.56. The van der Waals surface area contributed by atoms with Crippen molar-refractivity contribution in [2.45, 2.75) is 51.9 Å². The van der Waals surface area contributed by atoms with Gasteiger partial charge in [0.15, 0.2) is 5.78 Å². The molecule has 2 aromatic heterocycles. The maximum absolute atomic E-state index is 12.8. The first-order chi connectivity index (χ1) is 12.7. The molecular formula is C22H28ClNO2. The SMILES string of the molecule is CCOCCc1cc(C(=O)/C=C/CC2CCCCC2)c2c(Cl)cccn12. The number of aromatic nitrogens is 1. The highest BCUT2D eigenvalue weighted by Crippen LogP contribution is 2.28. The molecule has 0 aliphatic heterocycles. The Morgan fingerprint density at radius 1 is 1.35 bits per heavy atom. The number of carbonyl (C=O) groups excluding carboxylic acids is 1.